The van der Waals surface area contributed by atoms with E-state index in [1.165, 1.54) is 19.3 Å². The molecular formula is C25H18BrFN2O5. The van der Waals surface area contributed by atoms with Crippen LogP contribution in [0.3, 0.4) is 0 Å². The summed E-state index contributed by atoms with van der Waals surface area (Å²) >= 11 is 3.41. The predicted molar refractivity (Wildman–Crippen MR) is 127 cm³/mol. The number of carbonyl (C=O) groups is 3. The van der Waals surface area contributed by atoms with Crippen molar-refractivity contribution in [2.75, 3.05) is 12.0 Å². The van der Waals surface area contributed by atoms with Crippen LogP contribution in [0.5, 0.6) is 11.5 Å². The molecule has 34 heavy (non-hydrogen) atoms. The minimum atomic E-state index is -0.827. The number of para-hydroxylation sites is 1. The highest BCUT2D eigenvalue weighted by molar-refractivity contribution is 9.10. The number of ether oxygens (including phenoxy) is 2. The standard InChI is InChI=1S/C25H18BrFN2O5/c1-33-21-12-16(19(26)13-22(21)34-14-15-7-5-6-10-20(15)27)11-18-23(30)28-25(32)29(24(18)31)17-8-3-2-4-9-17/h2-13H,14H2,1H3,(H,28,30,32)/b18-11-. The first-order valence-corrected chi connectivity index (χ1v) is 10.9. The van der Waals surface area contributed by atoms with E-state index in [1.807, 2.05) is 0 Å². The number of halogens is 2. The minimum Gasteiger partial charge on any atom is -0.493 e. The SMILES string of the molecule is COc1cc(/C=C2/C(=O)NC(=O)N(c3ccccc3)C2=O)c(Br)cc1OCc1ccccc1F. The largest absolute Gasteiger partial charge is 0.493 e. The lowest BCUT2D eigenvalue weighted by molar-refractivity contribution is -0.122. The first-order chi connectivity index (χ1) is 16.4. The first-order valence-electron chi connectivity index (χ1n) is 10.1. The van der Waals surface area contributed by atoms with Gasteiger partial charge in [-0.2, -0.15) is 0 Å². The maximum Gasteiger partial charge on any atom is 0.335 e. The van der Waals surface area contributed by atoms with E-state index in [2.05, 4.69) is 21.2 Å². The number of barbiturate groups is 1. The fraction of sp³-hybridized carbons (Fsp3) is 0.0800. The van der Waals surface area contributed by atoms with Crippen molar-refractivity contribution in [1.29, 1.82) is 0 Å². The number of benzene rings is 3. The Morgan fingerprint density at radius 1 is 1.00 bits per heavy atom. The average Bonchev–Trinajstić information content (AvgIpc) is 2.82. The fourth-order valence-electron chi connectivity index (χ4n) is 3.33. The Hall–Kier alpha value is -3.98. The molecule has 0 saturated carbocycles. The molecule has 0 aliphatic carbocycles. The van der Waals surface area contributed by atoms with Gasteiger partial charge in [0.15, 0.2) is 11.5 Å². The van der Waals surface area contributed by atoms with E-state index < -0.39 is 17.8 Å². The van der Waals surface area contributed by atoms with Crippen LogP contribution in [0.1, 0.15) is 11.1 Å². The normalized spacial score (nSPS) is 14.9. The van der Waals surface area contributed by atoms with Crippen LogP contribution in [-0.2, 0) is 16.2 Å². The topological polar surface area (TPSA) is 84.9 Å². The molecule has 0 unspecified atom stereocenters. The lowest BCUT2D eigenvalue weighted by atomic mass is 10.1. The number of hydrogen-bond acceptors (Lipinski definition) is 5. The van der Waals surface area contributed by atoms with Gasteiger partial charge in [0, 0.05) is 10.0 Å². The Labute approximate surface area is 202 Å². The van der Waals surface area contributed by atoms with Crippen LogP contribution in [0.4, 0.5) is 14.9 Å². The molecule has 3 aromatic carbocycles. The van der Waals surface area contributed by atoms with Crippen molar-refractivity contribution in [1.82, 2.24) is 5.32 Å². The third kappa shape index (κ3) is 4.69. The van der Waals surface area contributed by atoms with Crippen molar-refractivity contribution < 1.29 is 28.2 Å². The molecule has 1 fully saturated rings. The van der Waals surface area contributed by atoms with Crippen molar-refractivity contribution >= 4 is 45.5 Å². The third-order valence-electron chi connectivity index (χ3n) is 5.04. The van der Waals surface area contributed by atoms with Gasteiger partial charge in [0.1, 0.15) is 18.0 Å². The summed E-state index contributed by atoms with van der Waals surface area (Å²) in [6.07, 6.45) is 1.35. The van der Waals surface area contributed by atoms with Gasteiger partial charge in [-0.15, -0.1) is 0 Å². The molecule has 0 spiro atoms. The van der Waals surface area contributed by atoms with E-state index in [-0.39, 0.29) is 18.0 Å². The highest BCUT2D eigenvalue weighted by atomic mass is 79.9. The van der Waals surface area contributed by atoms with Gasteiger partial charge in [-0.05, 0) is 42.0 Å². The molecule has 1 heterocycles. The minimum absolute atomic E-state index is 0.0229. The molecule has 9 heteroatoms. The Morgan fingerprint density at radius 3 is 2.41 bits per heavy atom. The molecule has 172 valence electrons. The fourth-order valence-corrected chi connectivity index (χ4v) is 3.77. The van der Waals surface area contributed by atoms with Crippen molar-refractivity contribution in [3.8, 4) is 11.5 Å². The van der Waals surface area contributed by atoms with Crippen LogP contribution in [0, 0.1) is 5.82 Å². The summed E-state index contributed by atoms with van der Waals surface area (Å²) in [7, 11) is 1.43. The van der Waals surface area contributed by atoms with Gasteiger partial charge in [0.25, 0.3) is 11.8 Å². The molecule has 1 N–H and O–H groups in total. The van der Waals surface area contributed by atoms with E-state index in [0.717, 1.165) is 4.90 Å². The number of carbonyl (C=O) groups excluding carboxylic acids is 3. The second-order valence-electron chi connectivity index (χ2n) is 7.20. The number of methoxy groups -OCH3 is 1. The number of urea groups is 1. The monoisotopic (exact) mass is 524 g/mol. The van der Waals surface area contributed by atoms with Crippen molar-refractivity contribution in [2.45, 2.75) is 6.61 Å². The number of hydrogen-bond donors (Lipinski definition) is 1. The lowest BCUT2D eigenvalue weighted by Crippen LogP contribution is -2.54. The Kier molecular flexibility index (Phi) is 6.74. The summed E-state index contributed by atoms with van der Waals surface area (Å²) in [5.41, 5.74) is 0.918. The van der Waals surface area contributed by atoms with E-state index in [1.54, 1.807) is 60.7 Å². The molecule has 0 bridgehead atoms. The molecule has 1 aliphatic heterocycles. The number of rotatable bonds is 6. The molecular weight excluding hydrogens is 507 g/mol. The van der Waals surface area contributed by atoms with Crippen molar-refractivity contribution in [3.63, 3.8) is 0 Å². The van der Waals surface area contributed by atoms with Crippen LogP contribution in [0.25, 0.3) is 6.08 Å². The Morgan fingerprint density at radius 2 is 1.71 bits per heavy atom. The summed E-state index contributed by atoms with van der Waals surface area (Å²) in [5.74, 6) is -1.31. The molecule has 0 radical (unpaired) electrons. The Bertz CT molecular complexity index is 1310. The zero-order chi connectivity index (χ0) is 24.2. The van der Waals surface area contributed by atoms with Crippen LogP contribution in [0.2, 0.25) is 0 Å². The number of amides is 4. The van der Waals surface area contributed by atoms with E-state index >= 15 is 0 Å². The predicted octanol–water partition coefficient (Wildman–Crippen LogP) is 4.84. The molecule has 1 saturated heterocycles. The number of nitrogens with zero attached hydrogens (tertiary/aromatic N) is 1. The third-order valence-corrected chi connectivity index (χ3v) is 5.73. The number of imide groups is 2. The van der Waals surface area contributed by atoms with Gasteiger partial charge >= 0.3 is 6.03 Å². The molecule has 0 aromatic heterocycles. The maximum absolute atomic E-state index is 13.9. The van der Waals surface area contributed by atoms with Gasteiger partial charge in [-0.3, -0.25) is 14.9 Å². The van der Waals surface area contributed by atoms with Crippen LogP contribution >= 0.6 is 15.9 Å². The maximum atomic E-state index is 13.9. The molecule has 4 rings (SSSR count). The summed E-state index contributed by atoms with van der Waals surface area (Å²) in [6, 6.07) is 16.9. The van der Waals surface area contributed by atoms with Crippen LogP contribution < -0.4 is 19.7 Å². The first kappa shape index (κ1) is 23.2. The highest BCUT2D eigenvalue weighted by Gasteiger charge is 2.36. The lowest BCUT2D eigenvalue weighted by Gasteiger charge is -2.26. The Balaban J connectivity index is 1.65. The van der Waals surface area contributed by atoms with E-state index in [9.17, 15) is 18.8 Å². The smallest absolute Gasteiger partial charge is 0.335 e. The quantitative estimate of drug-likeness (QED) is 0.368. The van der Waals surface area contributed by atoms with Gasteiger partial charge in [-0.25, -0.2) is 14.1 Å². The summed E-state index contributed by atoms with van der Waals surface area (Å²) in [5, 5.41) is 2.18. The number of anilines is 1. The summed E-state index contributed by atoms with van der Waals surface area (Å²) in [4.78, 5) is 38.7. The van der Waals surface area contributed by atoms with Crippen LogP contribution in [-0.4, -0.2) is 25.0 Å². The molecule has 3 aromatic rings. The van der Waals surface area contributed by atoms with Crippen molar-refractivity contribution in [2.24, 2.45) is 0 Å². The zero-order valence-electron chi connectivity index (χ0n) is 17.9. The van der Waals surface area contributed by atoms with E-state index in [0.29, 0.717) is 32.8 Å². The highest BCUT2D eigenvalue weighted by Crippen LogP contribution is 2.36. The summed E-state index contributed by atoms with van der Waals surface area (Å²) in [6.45, 7) is -0.0229. The number of nitrogens with one attached hydrogen (secondary N) is 1. The average molecular weight is 525 g/mol. The van der Waals surface area contributed by atoms with Gasteiger partial charge in [0.2, 0.25) is 0 Å². The second-order valence-corrected chi connectivity index (χ2v) is 8.05. The van der Waals surface area contributed by atoms with Gasteiger partial charge in [0.05, 0.1) is 12.8 Å². The van der Waals surface area contributed by atoms with Crippen molar-refractivity contribution in [3.05, 3.63) is 93.7 Å². The molecule has 7 nitrogen and oxygen atoms in total. The molecule has 1 aliphatic rings. The summed E-state index contributed by atoms with van der Waals surface area (Å²) < 4.78 is 25.5. The second kappa shape index (κ2) is 9.88. The van der Waals surface area contributed by atoms with Gasteiger partial charge in [-0.1, -0.05) is 52.3 Å². The van der Waals surface area contributed by atoms with Crippen LogP contribution in [0.15, 0.2) is 76.8 Å². The molecule has 0 atom stereocenters. The van der Waals surface area contributed by atoms with Gasteiger partial charge < -0.3 is 9.47 Å². The zero-order valence-corrected chi connectivity index (χ0v) is 19.5. The molecule has 4 amide bonds. The van der Waals surface area contributed by atoms with E-state index in [4.69, 9.17) is 9.47 Å².